The van der Waals surface area contributed by atoms with Gasteiger partial charge in [0.25, 0.3) is 0 Å². The van der Waals surface area contributed by atoms with Gasteiger partial charge in [0.1, 0.15) is 6.04 Å². The minimum absolute atomic E-state index is 0.170. The summed E-state index contributed by atoms with van der Waals surface area (Å²) in [6, 6.07) is 0.171. The highest BCUT2D eigenvalue weighted by Crippen LogP contribution is 2.13. The van der Waals surface area contributed by atoms with Crippen LogP contribution in [-0.4, -0.2) is 49.7 Å². The molecule has 1 atom stereocenters. The smallest absolute Gasteiger partial charge is 0.323 e. The maximum Gasteiger partial charge on any atom is 0.323 e. The number of carbonyl (C=O) groups is 1. The summed E-state index contributed by atoms with van der Waals surface area (Å²) in [6.07, 6.45) is 7.36. The van der Waals surface area contributed by atoms with E-state index in [0.717, 1.165) is 32.5 Å². The van der Waals surface area contributed by atoms with Gasteiger partial charge in [-0.3, -0.25) is 9.69 Å². The number of methoxy groups -OCH3 is 1. The first-order valence-corrected chi connectivity index (χ1v) is 6.58. The Balaban J connectivity index is 2.43. The second-order valence-electron chi connectivity index (χ2n) is 5.17. The fourth-order valence-electron chi connectivity index (χ4n) is 2.30. The molecule has 4 heteroatoms. The molecule has 0 bridgehead atoms. The zero-order valence-corrected chi connectivity index (χ0v) is 11.6. The van der Waals surface area contributed by atoms with E-state index < -0.39 is 0 Å². The molecule has 102 valence electrons. The Labute approximate surface area is 110 Å². The van der Waals surface area contributed by atoms with Gasteiger partial charge in [0.2, 0.25) is 0 Å². The third-order valence-corrected chi connectivity index (χ3v) is 3.44. The van der Waals surface area contributed by atoms with E-state index in [4.69, 9.17) is 11.2 Å². The third kappa shape index (κ3) is 4.32. The Hall–Kier alpha value is -1.05. The molecule has 1 aliphatic heterocycles. The van der Waals surface area contributed by atoms with Crippen molar-refractivity contribution in [3.63, 3.8) is 0 Å². The van der Waals surface area contributed by atoms with Crippen molar-refractivity contribution in [2.24, 2.45) is 5.92 Å². The minimum Gasteiger partial charge on any atom is -0.468 e. The van der Waals surface area contributed by atoms with Crippen molar-refractivity contribution in [2.75, 3.05) is 26.7 Å². The van der Waals surface area contributed by atoms with E-state index in [1.54, 1.807) is 0 Å². The number of hydrogen-bond donors (Lipinski definition) is 1. The summed E-state index contributed by atoms with van der Waals surface area (Å²) in [5.74, 6) is 2.74. The van der Waals surface area contributed by atoms with E-state index in [1.165, 1.54) is 7.11 Å². The summed E-state index contributed by atoms with van der Waals surface area (Å²) >= 11 is 0. The molecule has 1 aliphatic rings. The van der Waals surface area contributed by atoms with Gasteiger partial charge >= 0.3 is 5.97 Å². The number of piperidine rings is 1. The number of ether oxygens (including phenoxy) is 1. The van der Waals surface area contributed by atoms with Crippen LogP contribution in [0.25, 0.3) is 0 Å². The van der Waals surface area contributed by atoms with Crippen molar-refractivity contribution in [1.29, 1.82) is 0 Å². The fraction of sp³-hybridized carbons (Fsp3) is 0.786. The fourth-order valence-corrected chi connectivity index (χ4v) is 2.30. The molecule has 0 saturated carbocycles. The SMILES string of the molecule is C#CCN1CCC(N[C@H](C(=O)OC)C(C)C)CC1. The molecule has 0 amide bonds. The van der Waals surface area contributed by atoms with Crippen LogP contribution >= 0.6 is 0 Å². The number of nitrogens with one attached hydrogen (secondary N) is 1. The maximum atomic E-state index is 11.7. The Morgan fingerprint density at radius 3 is 2.56 bits per heavy atom. The predicted molar refractivity (Wildman–Crippen MR) is 72.1 cm³/mol. The van der Waals surface area contributed by atoms with Gasteiger partial charge < -0.3 is 10.1 Å². The lowest BCUT2D eigenvalue weighted by Gasteiger charge is -2.33. The summed E-state index contributed by atoms with van der Waals surface area (Å²) in [5.41, 5.74) is 0. The van der Waals surface area contributed by atoms with Crippen LogP contribution in [0, 0.1) is 18.3 Å². The topological polar surface area (TPSA) is 41.6 Å². The summed E-state index contributed by atoms with van der Waals surface area (Å²) in [7, 11) is 1.44. The predicted octanol–water partition coefficient (Wildman–Crippen LogP) is 0.871. The molecule has 1 saturated heterocycles. The molecule has 0 aromatic heterocycles. The highest BCUT2D eigenvalue weighted by atomic mass is 16.5. The lowest BCUT2D eigenvalue weighted by Crippen LogP contribution is -2.51. The molecule has 1 N–H and O–H groups in total. The molecular formula is C14H24N2O2. The van der Waals surface area contributed by atoms with Crippen molar-refractivity contribution in [2.45, 2.75) is 38.8 Å². The Bertz CT molecular complexity index is 301. The van der Waals surface area contributed by atoms with Crippen LogP contribution in [0.15, 0.2) is 0 Å². The quantitative estimate of drug-likeness (QED) is 0.582. The van der Waals surface area contributed by atoms with Gasteiger partial charge in [0.15, 0.2) is 0 Å². The molecule has 4 nitrogen and oxygen atoms in total. The van der Waals surface area contributed by atoms with E-state index in [9.17, 15) is 4.79 Å². The summed E-state index contributed by atoms with van der Waals surface area (Å²) in [5, 5.41) is 3.42. The zero-order chi connectivity index (χ0) is 13.5. The van der Waals surface area contributed by atoms with Crippen LogP contribution in [-0.2, 0) is 9.53 Å². The van der Waals surface area contributed by atoms with Crippen LogP contribution in [0.3, 0.4) is 0 Å². The van der Waals surface area contributed by atoms with E-state index in [-0.39, 0.29) is 17.9 Å². The first-order valence-electron chi connectivity index (χ1n) is 6.58. The number of rotatable bonds is 5. The standard InChI is InChI=1S/C14H24N2O2/c1-5-8-16-9-6-12(7-10-16)15-13(11(2)3)14(17)18-4/h1,11-13,15H,6-10H2,2-4H3/t13-/m0/s1. The van der Waals surface area contributed by atoms with Crippen LogP contribution in [0.2, 0.25) is 0 Å². The molecule has 0 aromatic rings. The lowest BCUT2D eigenvalue weighted by molar-refractivity contribution is -0.144. The molecular weight excluding hydrogens is 228 g/mol. The van der Waals surface area contributed by atoms with Crippen molar-refractivity contribution in [3.05, 3.63) is 0 Å². The van der Waals surface area contributed by atoms with Crippen molar-refractivity contribution in [1.82, 2.24) is 10.2 Å². The molecule has 1 fully saturated rings. The van der Waals surface area contributed by atoms with Crippen LogP contribution < -0.4 is 5.32 Å². The zero-order valence-electron chi connectivity index (χ0n) is 11.6. The van der Waals surface area contributed by atoms with E-state index in [2.05, 4.69) is 16.1 Å². The highest BCUT2D eigenvalue weighted by Gasteiger charge is 2.27. The summed E-state index contributed by atoms with van der Waals surface area (Å²) in [4.78, 5) is 13.9. The third-order valence-electron chi connectivity index (χ3n) is 3.44. The number of nitrogens with zero attached hydrogens (tertiary/aromatic N) is 1. The number of carbonyl (C=O) groups excluding carboxylic acids is 1. The van der Waals surface area contributed by atoms with Crippen molar-refractivity contribution in [3.8, 4) is 12.3 Å². The van der Waals surface area contributed by atoms with Gasteiger partial charge in [-0.1, -0.05) is 19.8 Å². The molecule has 18 heavy (non-hydrogen) atoms. The van der Waals surface area contributed by atoms with Gasteiger partial charge in [-0.05, 0) is 18.8 Å². The first-order chi connectivity index (χ1) is 8.58. The molecule has 1 heterocycles. The molecule has 0 unspecified atom stereocenters. The van der Waals surface area contributed by atoms with Crippen LogP contribution in [0.4, 0.5) is 0 Å². The summed E-state index contributed by atoms with van der Waals surface area (Å²) < 4.78 is 4.84. The van der Waals surface area contributed by atoms with Crippen LogP contribution in [0.5, 0.6) is 0 Å². The average Bonchev–Trinajstić information content (AvgIpc) is 2.37. The lowest BCUT2D eigenvalue weighted by atomic mass is 9.99. The Kier molecular flexibility index (Phi) is 6.17. The molecule has 0 aliphatic carbocycles. The van der Waals surface area contributed by atoms with Crippen molar-refractivity contribution < 1.29 is 9.53 Å². The molecule has 0 spiro atoms. The average molecular weight is 252 g/mol. The van der Waals surface area contributed by atoms with Gasteiger partial charge in [-0.15, -0.1) is 6.42 Å². The Morgan fingerprint density at radius 2 is 2.11 bits per heavy atom. The second-order valence-corrected chi connectivity index (χ2v) is 5.17. The number of terminal acetylenes is 1. The van der Waals surface area contributed by atoms with E-state index in [0.29, 0.717) is 6.04 Å². The second kappa shape index (κ2) is 7.40. The van der Waals surface area contributed by atoms with E-state index in [1.807, 2.05) is 13.8 Å². The van der Waals surface area contributed by atoms with E-state index >= 15 is 0 Å². The van der Waals surface area contributed by atoms with Gasteiger partial charge in [-0.2, -0.15) is 0 Å². The highest BCUT2D eigenvalue weighted by molar-refractivity contribution is 5.75. The van der Waals surface area contributed by atoms with Gasteiger partial charge in [0.05, 0.1) is 13.7 Å². The number of likely N-dealkylation sites (tertiary alicyclic amines) is 1. The maximum absolute atomic E-state index is 11.7. The normalized spacial score (nSPS) is 19.5. The minimum atomic E-state index is -0.209. The van der Waals surface area contributed by atoms with Crippen LogP contribution in [0.1, 0.15) is 26.7 Å². The van der Waals surface area contributed by atoms with Gasteiger partial charge in [-0.25, -0.2) is 0 Å². The first kappa shape index (κ1) is 15.0. The van der Waals surface area contributed by atoms with Crippen molar-refractivity contribution >= 4 is 5.97 Å². The number of esters is 1. The number of hydrogen-bond acceptors (Lipinski definition) is 4. The molecule has 0 aromatic carbocycles. The largest absolute Gasteiger partial charge is 0.468 e. The summed E-state index contributed by atoms with van der Waals surface area (Å²) in [6.45, 7) is 6.77. The molecule has 1 rings (SSSR count). The molecule has 0 radical (unpaired) electrons. The Morgan fingerprint density at radius 1 is 1.50 bits per heavy atom. The monoisotopic (exact) mass is 252 g/mol. The van der Waals surface area contributed by atoms with Gasteiger partial charge in [0, 0.05) is 19.1 Å².